The van der Waals surface area contributed by atoms with Crippen molar-refractivity contribution in [2.45, 2.75) is 39.2 Å². The number of halogens is 1. The first-order chi connectivity index (χ1) is 16.8. The molecule has 1 atom stereocenters. The predicted molar refractivity (Wildman–Crippen MR) is 148 cm³/mol. The molecule has 0 bridgehead atoms. The summed E-state index contributed by atoms with van der Waals surface area (Å²) in [6.07, 6.45) is 0.598. The third-order valence-corrected chi connectivity index (χ3v) is 8.02. The van der Waals surface area contributed by atoms with Gasteiger partial charge in [0.15, 0.2) is 4.77 Å². The maximum absolute atomic E-state index is 11.5. The van der Waals surface area contributed by atoms with Gasteiger partial charge in [0.05, 0.1) is 11.4 Å². The second-order valence-corrected chi connectivity index (χ2v) is 11.0. The molecule has 0 amide bonds. The van der Waals surface area contributed by atoms with Gasteiger partial charge in [-0.15, -0.1) is 0 Å². The Morgan fingerprint density at radius 1 is 1.03 bits per heavy atom. The highest BCUT2D eigenvalue weighted by Crippen LogP contribution is 2.44. The van der Waals surface area contributed by atoms with E-state index < -0.39 is 0 Å². The first-order valence-electron chi connectivity index (χ1n) is 11.9. The van der Waals surface area contributed by atoms with Crippen LogP contribution in [0.25, 0.3) is 16.6 Å². The number of aryl methyl sites for hydroxylation is 1. The summed E-state index contributed by atoms with van der Waals surface area (Å²) < 4.78 is 5.55. The third kappa shape index (κ3) is 3.50. The number of benzene rings is 3. The number of H-pyrrole nitrogens is 1. The molecule has 35 heavy (non-hydrogen) atoms. The van der Waals surface area contributed by atoms with Crippen LogP contribution in [0.5, 0.6) is 5.88 Å². The summed E-state index contributed by atoms with van der Waals surface area (Å²) in [4.78, 5) is 3.69. The summed E-state index contributed by atoms with van der Waals surface area (Å²) in [6.45, 7) is 6.47. The van der Waals surface area contributed by atoms with Crippen LogP contribution in [-0.2, 0) is 6.42 Å². The van der Waals surface area contributed by atoms with Gasteiger partial charge in [-0.25, -0.2) is 0 Å². The minimum absolute atomic E-state index is 0.161. The van der Waals surface area contributed by atoms with Crippen molar-refractivity contribution in [1.29, 1.82) is 0 Å². The Balaban J connectivity index is 1.63. The maximum Gasteiger partial charge on any atom is 0.218 e. The number of fused-ring (bicyclic) bond motifs is 4. The van der Waals surface area contributed by atoms with Gasteiger partial charge in [-0.1, -0.05) is 71.7 Å². The molecular formula is C29H26BrN3OS. The number of hydrogen-bond donors (Lipinski definition) is 2. The number of aromatic hydroxyl groups is 1. The van der Waals surface area contributed by atoms with Gasteiger partial charge in [0.25, 0.3) is 0 Å². The van der Waals surface area contributed by atoms with Gasteiger partial charge in [-0.3, -0.25) is 4.57 Å². The van der Waals surface area contributed by atoms with Gasteiger partial charge in [-0.05, 0) is 72.1 Å². The van der Waals surface area contributed by atoms with E-state index in [0.29, 0.717) is 17.1 Å². The molecular weight excluding hydrogens is 518 g/mol. The molecule has 3 heterocycles. The molecule has 1 aliphatic heterocycles. The lowest BCUT2D eigenvalue weighted by molar-refractivity contribution is 0.433. The number of aromatic amines is 1. The fourth-order valence-corrected chi connectivity index (χ4v) is 6.02. The van der Waals surface area contributed by atoms with Crippen LogP contribution in [0.3, 0.4) is 0 Å². The minimum atomic E-state index is -0.161. The van der Waals surface area contributed by atoms with E-state index in [0.717, 1.165) is 38.0 Å². The van der Waals surface area contributed by atoms with E-state index in [4.69, 9.17) is 12.2 Å². The van der Waals surface area contributed by atoms with Gasteiger partial charge >= 0.3 is 0 Å². The fraction of sp³-hybridized carbons (Fsp3) is 0.207. The Kier molecular flexibility index (Phi) is 5.27. The van der Waals surface area contributed by atoms with E-state index in [1.54, 1.807) is 4.57 Å². The quantitative estimate of drug-likeness (QED) is 0.222. The van der Waals surface area contributed by atoms with Gasteiger partial charge < -0.3 is 14.7 Å². The summed E-state index contributed by atoms with van der Waals surface area (Å²) >= 11 is 9.67. The molecule has 1 unspecified atom stereocenters. The summed E-state index contributed by atoms with van der Waals surface area (Å²) in [6, 6.07) is 23.1. The van der Waals surface area contributed by atoms with Crippen molar-refractivity contribution in [3.8, 4) is 11.6 Å². The zero-order chi connectivity index (χ0) is 24.4. The molecule has 2 N–H and O–H groups in total. The molecule has 0 saturated carbocycles. The summed E-state index contributed by atoms with van der Waals surface area (Å²) in [7, 11) is 0. The third-order valence-electron chi connectivity index (χ3n) is 7.15. The topological polar surface area (TPSA) is 45.9 Å². The van der Waals surface area contributed by atoms with Gasteiger partial charge in [0, 0.05) is 27.5 Å². The number of rotatable bonds is 3. The molecule has 0 aliphatic carbocycles. The lowest BCUT2D eigenvalue weighted by Gasteiger charge is -2.27. The molecule has 0 radical (unpaired) electrons. The molecule has 6 heteroatoms. The van der Waals surface area contributed by atoms with Crippen molar-refractivity contribution in [2.24, 2.45) is 0 Å². The maximum atomic E-state index is 11.5. The molecule has 0 saturated heterocycles. The van der Waals surface area contributed by atoms with Crippen molar-refractivity contribution in [3.05, 3.63) is 110 Å². The van der Waals surface area contributed by atoms with E-state index >= 15 is 0 Å². The lowest BCUT2D eigenvalue weighted by atomic mass is 9.91. The zero-order valence-electron chi connectivity index (χ0n) is 19.8. The smallest absolute Gasteiger partial charge is 0.218 e. The Morgan fingerprint density at radius 3 is 2.43 bits per heavy atom. The van der Waals surface area contributed by atoms with Gasteiger partial charge in [-0.2, -0.15) is 0 Å². The summed E-state index contributed by atoms with van der Waals surface area (Å²) in [5.74, 6) is 0.665. The predicted octanol–water partition coefficient (Wildman–Crippen LogP) is 7.93. The number of nitrogens with zero attached hydrogens (tertiary/aromatic N) is 2. The Labute approximate surface area is 218 Å². The molecule has 3 aromatic carbocycles. The van der Waals surface area contributed by atoms with Crippen LogP contribution in [0.15, 0.2) is 71.2 Å². The number of aromatic nitrogens is 3. The molecule has 5 aromatic rings. The minimum Gasteiger partial charge on any atom is -0.493 e. The summed E-state index contributed by atoms with van der Waals surface area (Å²) in [5, 5.41) is 12.7. The van der Waals surface area contributed by atoms with Crippen LogP contribution in [0.4, 0.5) is 0 Å². The van der Waals surface area contributed by atoms with Crippen molar-refractivity contribution in [3.63, 3.8) is 0 Å². The van der Waals surface area contributed by atoms with Crippen LogP contribution in [0.2, 0.25) is 0 Å². The van der Waals surface area contributed by atoms with E-state index in [1.807, 2.05) is 24.3 Å². The first kappa shape index (κ1) is 22.4. The lowest BCUT2D eigenvalue weighted by Crippen LogP contribution is -2.21. The van der Waals surface area contributed by atoms with E-state index in [2.05, 4.69) is 88.7 Å². The SMILES string of the molecule is Cc1ccc(-n2c(O)c3n(c2=S)C(c2ccc(C(C)C)cc2)c2[nH]c4ccc(Br)cc4c2C3)cc1. The van der Waals surface area contributed by atoms with Crippen molar-refractivity contribution < 1.29 is 5.11 Å². The number of hydrogen-bond acceptors (Lipinski definition) is 2. The monoisotopic (exact) mass is 543 g/mol. The second kappa shape index (κ2) is 8.25. The average molecular weight is 545 g/mol. The van der Waals surface area contributed by atoms with Crippen LogP contribution >= 0.6 is 28.1 Å². The van der Waals surface area contributed by atoms with E-state index in [-0.39, 0.29) is 11.9 Å². The Bertz CT molecular complexity index is 1640. The molecule has 0 fully saturated rings. The number of imidazole rings is 1. The molecule has 1 aliphatic rings. The molecule has 6 rings (SSSR count). The van der Waals surface area contributed by atoms with Crippen LogP contribution in [0.1, 0.15) is 59.4 Å². The van der Waals surface area contributed by atoms with Crippen LogP contribution in [-0.4, -0.2) is 19.2 Å². The average Bonchev–Trinajstić information content (AvgIpc) is 3.33. The number of nitrogens with one attached hydrogen (secondary N) is 1. The highest BCUT2D eigenvalue weighted by molar-refractivity contribution is 9.10. The van der Waals surface area contributed by atoms with Crippen LogP contribution < -0.4 is 0 Å². The molecule has 4 nitrogen and oxygen atoms in total. The Morgan fingerprint density at radius 2 is 1.74 bits per heavy atom. The Hall–Kier alpha value is -3.09. The van der Waals surface area contributed by atoms with Crippen molar-refractivity contribution >= 4 is 39.1 Å². The van der Waals surface area contributed by atoms with Crippen molar-refractivity contribution in [1.82, 2.24) is 14.1 Å². The van der Waals surface area contributed by atoms with Gasteiger partial charge in [0.2, 0.25) is 5.88 Å². The van der Waals surface area contributed by atoms with Gasteiger partial charge in [0.1, 0.15) is 6.04 Å². The highest BCUT2D eigenvalue weighted by atomic mass is 79.9. The first-order valence-corrected chi connectivity index (χ1v) is 13.1. The van der Waals surface area contributed by atoms with E-state index in [9.17, 15) is 5.11 Å². The highest BCUT2D eigenvalue weighted by Gasteiger charge is 2.34. The molecule has 2 aromatic heterocycles. The summed E-state index contributed by atoms with van der Waals surface area (Å²) in [5.41, 5.74) is 8.72. The fourth-order valence-electron chi connectivity index (χ4n) is 5.25. The van der Waals surface area contributed by atoms with E-state index in [1.165, 1.54) is 16.7 Å². The standard InChI is InChI=1S/C29H26BrN3OS/c1-16(2)18-6-8-19(9-7-18)27-26-23(22-14-20(30)10-13-24(22)31-26)15-25-28(34)32(29(35)33(25)27)21-11-4-17(3)5-12-21/h4-14,16,27,31,34H,15H2,1-3H3. The van der Waals surface area contributed by atoms with Crippen molar-refractivity contribution in [2.75, 3.05) is 0 Å². The van der Waals surface area contributed by atoms with Crippen LogP contribution in [0, 0.1) is 11.7 Å². The largest absolute Gasteiger partial charge is 0.493 e. The molecule has 176 valence electrons. The normalized spacial score (nSPS) is 14.9. The zero-order valence-corrected chi connectivity index (χ0v) is 22.2. The second-order valence-electron chi connectivity index (χ2n) is 9.70. The molecule has 0 spiro atoms.